The topological polar surface area (TPSA) is 64.6 Å². The molecule has 1 N–H and O–H groups in total. The molecular weight excluding hydrogens is 246 g/mol. The molecule has 0 radical (unpaired) electrons. The normalized spacial score (nSPS) is 11.5. The van der Waals surface area contributed by atoms with Gasteiger partial charge >= 0.3 is 5.97 Å². The van der Waals surface area contributed by atoms with E-state index in [-0.39, 0.29) is 5.91 Å². The first-order chi connectivity index (χ1) is 9.08. The Morgan fingerprint density at radius 2 is 2.11 bits per heavy atom. The van der Waals surface area contributed by atoms with Gasteiger partial charge in [0.1, 0.15) is 11.8 Å². The molecule has 0 heterocycles. The van der Waals surface area contributed by atoms with E-state index in [9.17, 15) is 9.59 Å². The smallest absolute Gasteiger partial charge is 0.328 e. The van der Waals surface area contributed by atoms with Crippen molar-refractivity contribution in [2.45, 2.75) is 26.3 Å². The summed E-state index contributed by atoms with van der Waals surface area (Å²) in [6.07, 6.45) is 0.899. The highest BCUT2D eigenvalue weighted by atomic mass is 16.5. The van der Waals surface area contributed by atoms with Crippen LogP contribution in [0.2, 0.25) is 0 Å². The van der Waals surface area contributed by atoms with Crippen molar-refractivity contribution in [1.82, 2.24) is 5.32 Å². The van der Waals surface area contributed by atoms with Crippen LogP contribution >= 0.6 is 0 Å². The molecule has 5 nitrogen and oxygen atoms in total. The zero-order valence-electron chi connectivity index (χ0n) is 11.4. The molecule has 0 aromatic heterocycles. The monoisotopic (exact) mass is 265 g/mol. The lowest BCUT2D eigenvalue weighted by molar-refractivity contribution is -0.142. The molecule has 0 bridgehead atoms. The van der Waals surface area contributed by atoms with Crippen LogP contribution in [-0.4, -0.2) is 31.6 Å². The lowest BCUT2D eigenvalue weighted by atomic mass is 10.2. The second-order valence-electron chi connectivity index (χ2n) is 4.09. The largest absolute Gasteiger partial charge is 0.494 e. The lowest BCUT2D eigenvalue weighted by Crippen LogP contribution is -2.39. The third-order valence-corrected chi connectivity index (χ3v) is 2.47. The molecule has 19 heavy (non-hydrogen) atoms. The molecule has 1 rings (SSSR count). The fraction of sp³-hybridized carbons (Fsp3) is 0.429. The van der Waals surface area contributed by atoms with Crippen LogP contribution in [0.1, 0.15) is 30.6 Å². The van der Waals surface area contributed by atoms with Crippen molar-refractivity contribution < 1.29 is 19.1 Å². The molecule has 1 atom stereocenters. The zero-order chi connectivity index (χ0) is 14.3. The highest BCUT2D eigenvalue weighted by Crippen LogP contribution is 2.13. The standard InChI is InChI=1S/C14H19NO4/c1-4-8-19-12-7-5-6-11(9-12)13(16)15-10(2)14(17)18-3/h5-7,9-10H,4,8H2,1-3H3,(H,15,16). The SMILES string of the molecule is CCCOc1cccc(C(=O)NC(C)C(=O)OC)c1. The van der Waals surface area contributed by atoms with Crippen LogP contribution in [0.15, 0.2) is 24.3 Å². The number of nitrogens with one attached hydrogen (secondary N) is 1. The molecule has 0 spiro atoms. The highest BCUT2D eigenvalue weighted by Gasteiger charge is 2.16. The minimum absolute atomic E-state index is 0.333. The number of rotatable bonds is 6. The maximum atomic E-state index is 11.9. The number of amides is 1. The molecule has 0 saturated carbocycles. The summed E-state index contributed by atoms with van der Waals surface area (Å²) >= 11 is 0. The predicted molar refractivity (Wildman–Crippen MR) is 71.2 cm³/mol. The maximum absolute atomic E-state index is 11.9. The molecule has 0 fully saturated rings. The second-order valence-corrected chi connectivity index (χ2v) is 4.09. The second kappa shape index (κ2) is 7.41. The van der Waals surface area contributed by atoms with Crippen LogP contribution in [0.25, 0.3) is 0 Å². The van der Waals surface area contributed by atoms with Crippen molar-refractivity contribution in [1.29, 1.82) is 0 Å². The molecule has 1 aromatic rings. The van der Waals surface area contributed by atoms with E-state index in [1.54, 1.807) is 31.2 Å². The van der Waals surface area contributed by atoms with E-state index in [0.29, 0.717) is 17.9 Å². The fourth-order valence-electron chi connectivity index (χ4n) is 1.46. The average molecular weight is 265 g/mol. The Hall–Kier alpha value is -2.04. The van der Waals surface area contributed by atoms with Gasteiger partial charge in [-0.3, -0.25) is 4.79 Å². The molecule has 104 valence electrons. The number of methoxy groups -OCH3 is 1. The number of benzene rings is 1. The van der Waals surface area contributed by atoms with E-state index in [1.165, 1.54) is 7.11 Å². The molecule has 0 aliphatic carbocycles. The minimum atomic E-state index is -0.683. The first kappa shape index (κ1) is 15.0. The fourth-order valence-corrected chi connectivity index (χ4v) is 1.46. The number of carbonyl (C=O) groups excluding carboxylic acids is 2. The molecule has 5 heteroatoms. The Morgan fingerprint density at radius 1 is 1.37 bits per heavy atom. The minimum Gasteiger partial charge on any atom is -0.494 e. The van der Waals surface area contributed by atoms with Gasteiger partial charge in [-0.15, -0.1) is 0 Å². The Bertz CT molecular complexity index is 445. The Morgan fingerprint density at radius 3 is 2.74 bits per heavy atom. The maximum Gasteiger partial charge on any atom is 0.328 e. The van der Waals surface area contributed by atoms with E-state index in [4.69, 9.17) is 4.74 Å². The summed E-state index contributed by atoms with van der Waals surface area (Å²) in [4.78, 5) is 23.2. The molecule has 1 amide bonds. The van der Waals surface area contributed by atoms with Crippen LogP contribution in [0, 0.1) is 0 Å². The molecule has 0 aliphatic rings. The number of esters is 1. The average Bonchev–Trinajstić information content (AvgIpc) is 2.44. The summed E-state index contributed by atoms with van der Waals surface area (Å²) in [7, 11) is 1.28. The van der Waals surface area contributed by atoms with Crippen LogP contribution < -0.4 is 10.1 Å². The summed E-state index contributed by atoms with van der Waals surface area (Å²) in [6.45, 7) is 4.18. The van der Waals surface area contributed by atoms with Crippen molar-refractivity contribution in [3.63, 3.8) is 0 Å². The van der Waals surface area contributed by atoms with Gasteiger partial charge in [-0.1, -0.05) is 13.0 Å². The van der Waals surface area contributed by atoms with E-state index in [0.717, 1.165) is 6.42 Å². The van der Waals surface area contributed by atoms with Crippen molar-refractivity contribution in [2.75, 3.05) is 13.7 Å². The molecule has 1 unspecified atom stereocenters. The molecule has 0 saturated heterocycles. The van der Waals surface area contributed by atoms with Crippen molar-refractivity contribution in [3.8, 4) is 5.75 Å². The quantitative estimate of drug-likeness (QED) is 0.796. The third-order valence-electron chi connectivity index (χ3n) is 2.47. The summed E-state index contributed by atoms with van der Waals surface area (Å²) in [6, 6.07) is 6.16. The van der Waals surface area contributed by atoms with E-state index in [1.807, 2.05) is 6.92 Å². The van der Waals surface area contributed by atoms with Gasteiger partial charge in [0.15, 0.2) is 0 Å². The van der Waals surface area contributed by atoms with Crippen molar-refractivity contribution in [2.24, 2.45) is 0 Å². The highest BCUT2D eigenvalue weighted by molar-refractivity contribution is 5.96. The van der Waals surface area contributed by atoms with E-state index >= 15 is 0 Å². The number of ether oxygens (including phenoxy) is 2. The molecule has 1 aromatic carbocycles. The van der Waals surface area contributed by atoms with Gasteiger partial charge in [-0.25, -0.2) is 4.79 Å². The van der Waals surface area contributed by atoms with Gasteiger partial charge in [0.05, 0.1) is 13.7 Å². The molecule has 0 aliphatic heterocycles. The first-order valence-electron chi connectivity index (χ1n) is 6.20. The third kappa shape index (κ3) is 4.62. The van der Waals surface area contributed by atoms with Crippen LogP contribution in [0.3, 0.4) is 0 Å². The van der Waals surface area contributed by atoms with E-state index < -0.39 is 12.0 Å². The lowest BCUT2D eigenvalue weighted by Gasteiger charge is -2.12. The van der Waals surface area contributed by atoms with Crippen LogP contribution in [0.4, 0.5) is 0 Å². The van der Waals surface area contributed by atoms with Crippen molar-refractivity contribution >= 4 is 11.9 Å². The van der Waals surface area contributed by atoms with Crippen LogP contribution in [0.5, 0.6) is 5.75 Å². The van der Waals surface area contributed by atoms with Gasteiger partial charge in [-0.2, -0.15) is 0 Å². The van der Waals surface area contributed by atoms with Crippen LogP contribution in [-0.2, 0) is 9.53 Å². The first-order valence-corrected chi connectivity index (χ1v) is 6.20. The van der Waals surface area contributed by atoms with Gasteiger partial charge in [0.25, 0.3) is 5.91 Å². The number of hydrogen-bond donors (Lipinski definition) is 1. The summed E-state index contributed by atoms with van der Waals surface area (Å²) in [5.74, 6) is -0.174. The Balaban J connectivity index is 2.68. The van der Waals surface area contributed by atoms with Gasteiger partial charge in [0.2, 0.25) is 0 Å². The van der Waals surface area contributed by atoms with Crippen molar-refractivity contribution in [3.05, 3.63) is 29.8 Å². The van der Waals surface area contributed by atoms with Gasteiger partial charge in [0, 0.05) is 5.56 Å². The zero-order valence-corrected chi connectivity index (χ0v) is 11.4. The summed E-state index contributed by atoms with van der Waals surface area (Å²) < 4.78 is 10.00. The summed E-state index contributed by atoms with van der Waals surface area (Å²) in [5.41, 5.74) is 0.448. The van der Waals surface area contributed by atoms with Gasteiger partial charge in [-0.05, 0) is 31.5 Å². The summed E-state index contributed by atoms with van der Waals surface area (Å²) in [5, 5.41) is 2.56. The number of hydrogen-bond acceptors (Lipinski definition) is 4. The Labute approximate surface area is 112 Å². The van der Waals surface area contributed by atoms with Gasteiger partial charge < -0.3 is 14.8 Å². The molecular formula is C14H19NO4. The predicted octanol–water partition coefficient (Wildman–Crippen LogP) is 1.77. The number of carbonyl (C=O) groups is 2. The van der Waals surface area contributed by atoms with E-state index in [2.05, 4.69) is 10.1 Å². The Kier molecular flexibility index (Phi) is 5.85.